The number of anilines is 1. The maximum Gasteiger partial charge on any atom is 0.338 e. The van der Waals surface area contributed by atoms with E-state index in [0.717, 1.165) is 5.56 Å². The number of carbonyl (C=O) groups is 2. The highest BCUT2D eigenvalue weighted by molar-refractivity contribution is 5.90. The first-order chi connectivity index (χ1) is 10.1. The fourth-order valence-corrected chi connectivity index (χ4v) is 1.73. The van der Waals surface area contributed by atoms with Crippen molar-refractivity contribution in [2.24, 2.45) is 0 Å². The average molecular weight is 286 g/mol. The molecule has 0 radical (unpaired) electrons. The highest BCUT2D eigenvalue weighted by Crippen LogP contribution is 2.11. The van der Waals surface area contributed by atoms with Crippen LogP contribution in [-0.2, 0) is 11.3 Å². The Morgan fingerprint density at radius 1 is 1.19 bits per heavy atom. The van der Waals surface area contributed by atoms with Gasteiger partial charge in [0.15, 0.2) is 0 Å². The van der Waals surface area contributed by atoms with E-state index in [4.69, 9.17) is 5.11 Å². The molecular formula is C15H14N2O4. The second-order valence-corrected chi connectivity index (χ2v) is 4.28. The molecule has 2 N–H and O–H groups in total. The molecule has 21 heavy (non-hydrogen) atoms. The fraction of sp³-hybridized carbons (Fsp3) is 0.133. The van der Waals surface area contributed by atoms with Gasteiger partial charge in [-0.15, -0.1) is 0 Å². The van der Waals surface area contributed by atoms with Gasteiger partial charge in [-0.25, -0.2) is 14.6 Å². The number of hydrogen-bond acceptors (Lipinski definition) is 5. The van der Waals surface area contributed by atoms with Gasteiger partial charge in [0, 0.05) is 12.7 Å². The van der Waals surface area contributed by atoms with E-state index >= 15 is 0 Å². The van der Waals surface area contributed by atoms with Gasteiger partial charge >= 0.3 is 11.9 Å². The molecule has 0 unspecified atom stereocenters. The standard InChI is InChI=1S/C15H14N2O4/c1-21-15(20)12-6-7-16-13(8-12)17-9-10-2-4-11(5-3-10)14(18)19/h2-8H,9H2,1H3,(H,16,17)(H,18,19). The molecule has 0 aliphatic heterocycles. The number of benzene rings is 1. The Bertz CT molecular complexity index is 653. The largest absolute Gasteiger partial charge is 0.478 e. The molecule has 0 saturated heterocycles. The highest BCUT2D eigenvalue weighted by atomic mass is 16.5. The summed E-state index contributed by atoms with van der Waals surface area (Å²) in [6.45, 7) is 0.470. The third-order valence-corrected chi connectivity index (χ3v) is 2.86. The van der Waals surface area contributed by atoms with Gasteiger partial charge in [-0.2, -0.15) is 0 Å². The van der Waals surface area contributed by atoms with E-state index in [1.165, 1.54) is 25.4 Å². The van der Waals surface area contributed by atoms with Crippen molar-refractivity contribution in [3.63, 3.8) is 0 Å². The first kappa shape index (κ1) is 14.5. The molecule has 0 bridgehead atoms. The molecule has 6 heteroatoms. The first-order valence-corrected chi connectivity index (χ1v) is 6.20. The van der Waals surface area contributed by atoms with Crippen LogP contribution in [0.15, 0.2) is 42.6 Å². The minimum atomic E-state index is -0.957. The Morgan fingerprint density at radius 3 is 2.52 bits per heavy atom. The van der Waals surface area contributed by atoms with Crippen molar-refractivity contribution in [2.75, 3.05) is 12.4 Å². The van der Waals surface area contributed by atoms with Gasteiger partial charge in [-0.05, 0) is 29.8 Å². The van der Waals surface area contributed by atoms with Crippen molar-refractivity contribution in [1.82, 2.24) is 4.98 Å². The molecule has 1 aromatic heterocycles. The van der Waals surface area contributed by atoms with Gasteiger partial charge in [0.25, 0.3) is 0 Å². The smallest absolute Gasteiger partial charge is 0.338 e. The lowest BCUT2D eigenvalue weighted by atomic mass is 10.1. The van der Waals surface area contributed by atoms with E-state index < -0.39 is 11.9 Å². The fourth-order valence-electron chi connectivity index (χ4n) is 1.73. The molecular weight excluding hydrogens is 272 g/mol. The maximum absolute atomic E-state index is 11.4. The maximum atomic E-state index is 11.4. The molecule has 0 aliphatic rings. The minimum absolute atomic E-state index is 0.240. The zero-order valence-electron chi connectivity index (χ0n) is 11.4. The Hall–Kier alpha value is -2.89. The molecule has 0 aliphatic carbocycles. The molecule has 6 nitrogen and oxygen atoms in total. The number of methoxy groups -OCH3 is 1. The third-order valence-electron chi connectivity index (χ3n) is 2.86. The van der Waals surface area contributed by atoms with E-state index in [9.17, 15) is 9.59 Å². The number of ether oxygens (including phenoxy) is 1. The number of aromatic nitrogens is 1. The van der Waals surface area contributed by atoms with Gasteiger partial charge in [0.2, 0.25) is 0 Å². The summed E-state index contributed by atoms with van der Waals surface area (Å²) < 4.78 is 4.64. The highest BCUT2D eigenvalue weighted by Gasteiger charge is 2.06. The summed E-state index contributed by atoms with van der Waals surface area (Å²) in [5.74, 6) is -0.839. The summed E-state index contributed by atoms with van der Waals surface area (Å²) in [5.41, 5.74) is 1.56. The van der Waals surface area contributed by atoms with Crippen molar-refractivity contribution in [1.29, 1.82) is 0 Å². The SMILES string of the molecule is COC(=O)c1ccnc(NCc2ccc(C(=O)O)cc2)c1. The predicted octanol–water partition coefficient (Wildman–Crippen LogP) is 2.18. The normalized spacial score (nSPS) is 9.95. The van der Waals surface area contributed by atoms with E-state index in [1.807, 2.05) is 0 Å². The number of hydrogen-bond donors (Lipinski definition) is 2. The Morgan fingerprint density at radius 2 is 1.90 bits per heavy atom. The summed E-state index contributed by atoms with van der Waals surface area (Å²) in [5, 5.41) is 11.9. The number of carbonyl (C=O) groups excluding carboxylic acids is 1. The monoisotopic (exact) mass is 286 g/mol. The molecule has 1 aromatic carbocycles. The van der Waals surface area contributed by atoms with Crippen molar-refractivity contribution in [3.8, 4) is 0 Å². The van der Waals surface area contributed by atoms with Crippen LogP contribution in [0.3, 0.4) is 0 Å². The number of carboxylic acid groups (broad SMARTS) is 1. The van der Waals surface area contributed by atoms with Crippen LogP contribution < -0.4 is 5.32 Å². The van der Waals surface area contributed by atoms with E-state index in [1.54, 1.807) is 24.3 Å². The molecule has 0 spiro atoms. The Balaban J connectivity index is 2.02. The summed E-state index contributed by atoms with van der Waals surface area (Å²) in [6, 6.07) is 9.69. The Kier molecular flexibility index (Phi) is 4.50. The molecule has 108 valence electrons. The van der Waals surface area contributed by atoms with E-state index in [0.29, 0.717) is 17.9 Å². The number of pyridine rings is 1. The lowest BCUT2D eigenvalue weighted by molar-refractivity contribution is 0.0599. The molecule has 0 saturated carbocycles. The number of nitrogens with zero attached hydrogens (tertiary/aromatic N) is 1. The second-order valence-electron chi connectivity index (χ2n) is 4.28. The minimum Gasteiger partial charge on any atom is -0.478 e. The van der Waals surface area contributed by atoms with Gasteiger partial charge < -0.3 is 15.2 Å². The van der Waals surface area contributed by atoms with Gasteiger partial charge in [0.05, 0.1) is 18.2 Å². The van der Waals surface area contributed by atoms with Crippen LogP contribution in [0.5, 0.6) is 0 Å². The average Bonchev–Trinajstić information content (AvgIpc) is 2.52. The van der Waals surface area contributed by atoms with Crippen molar-refractivity contribution < 1.29 is 19.4 Å². The van der Waals surface area contributed by atoms with Gasteiger partial charge in [-0.3, -0.25) is 0 Å². The van der Waals surface area contributed by atoms with Gasteiger partial charge in [0.1, 0.15) is 5.82 Å². The number of nitrogens with one attached hydrogen (secondary N) is 1. The van der Waals surface area contributed by atoms with E-state index in [-0.39, 0.29) is 5.56 Å². The zero-order chi connectivity index (χ0) is 15.2. The van der Waals surface area contributed by atoms with Crippen LogP contribution in [0.25, 0.3) is 0 Å². The summed E-state index contributed by atoms with van der Waals surface area (Å²) >= 11 is 0. The van der Waals surface area contributed by atoms with Crippen LogP contribution in [0, 0.1) is 0 Å². The summed E-state index contributed by atoms with van der Waals surface area (Å²) in [4.78, 5) is 26.3. The number of esters is 1. The van der Waals surface area contributed by atoms with Crippen LogP contribution in [0.2, 0.25) is 0 Å². The van der Waals surface area contributed by atoms with Crippen molar-refractivity contribution >= 4 is 17.8 Å². The van der Waals surface area contributed by atoms with Crippen LogP contribution in [-0.4, -0.2) is 29.1 Å². The molecule has 0 atom stereocenters. The summed E-state index contributed by atoms with van der Waals surface area (Å²) in [6.07, 6.45) is 1.52. The first-order valence-electron chi connectivity index (χ1n) is 6.20. The molecule has 1 heterocycles. The third kappa shape index (κ3) is 3.79. The predicted molar refractivity (Wildman–Crippen MR) is 76.3 cm³/mol. The quantitative estimate of drug-likeness (QED) is 0.819. The Labute approximate surface area is 121 Å². The molecule has 0 fully saturated rings. The topological polar surface area (TPSA) is 88.5 Å². The lowest BCUT2D eigenvalue weighted by Gasteiger charge is -2.07. The second kappa shape index (κ2) is 6.51. The molecule has 2 rings (SSSR count). The lowest BCUT2D eigenvalue weighted by Crippen LogP contribution is -2.05. The van der Waals surface area contributed by atoms with Crippen molar-refractivity contribution in [2.45, 2.75) is 6.54 Å². The van der Waals surface area contributed by atoms with Crippen LogP contribution in [0.4, 0.5) is 5.82 Å². The number of aromatic carboxylic acids is 1. The summed E-state index contributed by atoms with van der Waals surface area (Å²) in [7, 11) is 1.32. The number of carboxylic acids is 1. The van der Waals surface area contributed by atoms with Crippen LogP contribution in [0.1, 0.15) is 26.3 Å². The van der Waals surface area contributed by atoms with Crippen molar-refractivity contribution in [3.05, 3.63) is 59.3 Å². The molecule has 2 aromatic rings. The zero-order valence-corrected chi connectivity index (χ0v) is 11.4. The van der Waals surface area contributed by atoms with Crippen LogP contribution >= 0.6 is 0 Å². The van der Waals surface area contributed by atoms with E-state index in [2.05, 4.69) is 15.0 Å². The molecule has 0 amide bonds. The van der Waals surface area contributed by atoms with Gasteiger partial charge in [-0.1, -0.05) is 12.1 Å². The number of rotatable bonds is 5.